The van der Waals surface area contributed by atoms with Gasteiger partial charge in [-0.05, 0) is 0 Å². The van der Waals surface area contributed by atoms with Gasteiger partial charge in [-0.15, -0.1) is 11.7 Å². The minimum atomic E-state index is -0.148. The number of aliphatic imine (C=N–C) groups is 1. The Kier molecular flexibility index (Phi) is 4.74. The molecule has 17 heavy (non-hydrogen) atoms. The highest BCUT2D eigenvalue weighted by Crippen LogP contribution is 2.22. The Morgan fingerprint density at radius 1 is 1.53 bits per heavy atom. The van der Waals surface area contributed by atoms with E-state index in [4.69, 9.17) is 4.42 Å². The van der Waals surface area contributed by atoms with Crippen molar-refractivity contribution in [2.75, 3.05) is 18.1 Å². The molecule has 0 bridgehead atoms. The first kappa shape index (κ1) is 13.8. The summed E-state index contributed by atoms with van der Waals surface area (Å²) in [4.78, 5) is 4.09. The molecule has 0 saturated heterocycles. The zero-order valence-electron chi connectivity index (χ0n) is 10.6. The Hall–Kier alpha value is -1.30. The van der Waals surface area contributed by atoms with Crippen LogP contribution in [0.2, 0.25) is 0 Å². The standard InChI is InChI=1S/C11H18N4OS/c1-6-7-17-10(12-5)13-9-15-14-8(16-9)11(2,3)4/h6H,1,7H2,2-5H3,(H,12,13,15). The van der Waals surface area contributed by atoms with Crippen LogP contribution in [0, 0.1) is 0 Å². The second-order valence-electron chi connectivity index (χ2n) is 4.42. The van der Waals surface area contributed by atoms with E-state index >= 15 is 0 Å². The summed E-state index contributed by atoms with van der Waals surface area (Å²) in [6, 6.07) is 0.368. The Morgan fingerprint density at radius 2 is 2.24 bits per heavy atom. The molecular weight excluding hydrogens is 236 g/mol. The van der Waals surface area contributed by atoms with Crippen LogP contribution in [0.4, 0.5) is 6.01 Å². The van der Waals surface area contributed by atoms with E-state index in [2.05, 4.69) is 27.1 Å². The average molecular weight is 254 g/mol. The fourth-order valence-electron chi connectivity index (χ4n) is 0.963. The van der Waals surface area contributed by atoms with Gasteiger partial charge in [0.1, 0.15) is 0 Å². The second kappa shape index (κ2) is 5.86. The number of hydrogen-bond acceptors (Lipinski definition) is 5. The van der Waals surface area contributed by atoms with E-state index in [1.165, 1.54) is 11.8 Å². The van der Waals surface area contributed by atoms with Gasteiger partial charge in [0.15, 0.2) is 5.17 Å². The predicted molar refractivity (Wildman–Crippen MR) is 72.6 cm³/mol. The lowest BCUT2D eigenvalue weighted by Crippen LogP contribution is -2.11. The van der Waals surface area contributed by atoms with Crippen LogP contribution in [-0.4, -0.2) is 28.2 Å². The largest absolute Gasteiger partial charge is 0.407 e. The van der Waals surface area contributed by atoms with Crippen LogP contribution in [0.1, 0.15) is 26.7 Å². The number of anilines is 1. The summed E-state index contributed by atoms with van der Waals surface area (Å²) < 4.78 is 5.51. The quantitative estimate of drug-likeness (QED) is 0.510. The van der Waals surface area contributed by atoms with E-state index in [1.807, 2.05) is 26.8 Å². The molecule has 1 heterocycles. The first-order valence-electron chi connectivity index (χ1n) is 5.29. The van der Waals surface area contributed by atoms with Crippen LogP contribution in [0.5, 0.6) is 0 Å². The molecule has 5 nitrogen and oxygen atoms in total. The van der Waals surface area contributed by atoms with Gasteiger partial charge in [-0.1, -0.05) is 43.7 Å². The first-order valence-corrected chi connectivity index (χ1v) is 6.27. The van der Waals surface area contributed by atoms with Crippen molar-refractivity contribution >= 4 is 22.9 Å². The number of nitrogens with zero attached hydrogens (tertiary/aromatic N) is 3. The highest BCUT2D eigenvalue weighted by atomic mass is 32.2. The lowest BCUT2D eigenvalue weighted by atomic mass is 9.97. The lowest BCUT2D eigenvalue weighted by Gasteiger charge is -2.11. The third kappa shape index (κ3) is 4.22. The molecule has 1 aromatic heterocycles. The number of rotatable bonds is 3. The molecule has 0 aliphatic carbocycles. The summed E-state index contributed by atoms with van der Waals surface area (Å²) >= 11 is 1.53. The zero-order chi connectivity index (χ0) is 12.9. The molecule has 0 unspecified atom stereocenters. The molecule has 0 radical (unpaired) electrons. The smallest absolute Gasteiger partial charge is 0.321 e. The molecule has 1 rings (SSSR count). The molecule has 1 N–H and O–H groups in total. The monoisotopic (exact) mass is 254 g/mol. The van der Waals surface area contributed by atoms with Crippen molar-refractivity contribution < 1.29 is 4.42 Å². The van der Waals surface area contributed by atoms with Crippen molar-refractivity contribution in [3.8, 4) is 0 Å². The number of thioether (sulfide) groups is 1. The van der Waals surface area contributed by atoms with Gasteiger partial charge in [-0.25, -0.2) is 0 Å². The van der Waals surface area contributed by atoms with Gasteiger partial charge in [0.2, 0.25) is 5.89 Å². The predicted octanol–water partition coefficient (Wildman–Crippen LogP) is 2.68. The first-order chi connectivity index (χ1) is 7.97. The topological polar surface area (TPSA) is 63.3 Å². The molecular formula is C11H18N4OS. The highest BCUT2D eigenvalue weighted by molar-refractivity contribution is 8.14. The van der Waals surface area contributed by atoms with Crippen molar-refractivity contribution in [3.63, 3.8) is 0 Å². The fraction of sp³-hybridized carbons (Fsp3) is 0.545. The molecule has 0 aliphatic rings. The van der Waals surface area contributed by atoms with Gasteiger partial charge in [-0.2, -0.15) is 0 Å². The Bertz CT molecular complexity index is 406. The van der Waals surface area contributed by atoms with Crippen molar-refractivity contribution in [2.24, 2.45) is 4.99 Å². The summed E-state index contributed by atoms with van der Waals surface area (Å²) in [5.74, 6) is 1.38. The molecule has 0 amide bonds. The Labute approximate surface area is 106 Å². The minimum absolute atomic E-state index is 0.148. The second-order valence-corrected chi connectivity index (χ2v) is 5.42. The molecule has 0 atom stereocenters. The van der Waals surface area contributed by atoms with E-state index < -0.39 is 0 Å². The Balaban J connectivity index is 2.68. The van der Waals surface area contributed by atoms with Crippen molar-refractivity contribution in [1.29, 1.82) is 0 Å². The minimum Gasteiger partial charge on any atom is -0.407 e. The maximum absolute atomic E-state index is 5.51. The van der Waals surface area contributed by atoms with E-state index in [9.17, 15) is 0 Å². The number of hydrogen-bond donors (Lipinski definition) is 1. The molecule has 0 spiro atoms. The van der Waals surface area contributed by atoms with Gasteiger partial charge >= 0.3 is 6.01 Å². The van der Waals surface area contributed by atoms with Gasteiger partial charge < -0.3 is 4.42 Å². The Morgan fingerprint density at radius 3 is 2.71 bits per heavy atom. The molecule has 0 fully saturated rings. The number of aromatic nitrogens is 2. The zero-order valence-corrected chi connectivity index (χ0v) is 11.5. The molecule has 1 aromatic rings. The number of nitrogens with one attached hydrogen (secondary N) is 1. The maximum atomic E-state index is 5.51. The molecule has 94 valence electrons. The van der Waals surface area contributed by atoms with E-state index in [-0.39, 0.29) is 5.41 Å². The van der Waals surface area contributed by atoms with E-state index in [0.29, 0.717) is 11.9 Å². The molecule has 0 aliphatic heterocycles. The molecule has 6 heteroatoms. The van der Waals surface area contributed by atoms with Crippen molar-refractivity contribution in [1.82, 2.24) is 10.2 Å². The van der Waals surface area contributed by atoms with Gasteiger partial charge in [0.05, 0.1) is 0 Å². The third-order valence-electron chi connectivity index (χ3n) is 1.82. The fourth-order valence-corrected chi connectivity index (χ4v) is 1.53. The molecule has 0 saturated carbocycles. The van der Waals surface area contributed by atoms with Gasteiger partial charge in [0, 0.05) is 18.2 Å². The van der Waals surface area contributed by atoms with Crippen LogP contribution in [-0.2, 0) is 5.41 Å². The normalized spacial score (nSPS) is 12.6. The highest BCUT2D eigenvalue weighted by Gasteiger charge is 2.21. The van der Waals surface area contributed by atoms with E-state index in [0.717, 1.165) is 10.9 Å². The van der Waals surface area contributed by atoms with Crippen LogP contribution in [0.25, 0.3) is 0 Å². The summed E-state index contributed by atoms with van der Waals surface area (Å²) in [5.41, 5.74) is -0.148. The van der Waals surface area contributed by atoms with Crippen molar-refractivity contribution in [3.05, 3.63) is 18.5 Å². The lowest BCUT2D eigenvalue weighted by molar-refractivity contribution is 0.401. The summed E-state index contributed by atoms with van der Waals surface area (Å²) in [7, 11) is 1.71. The van der Waals surface area contributed by atoms with Gasteiger partial charge in [0.25, 0.3) is 0 Å². The van der Waals surface area contributed by atoms with Crippen molar-refractivity contribution in [2.45, 2.75) is 26.2 Å². The van der Waals surface area contributed by atoms with Crippen LogP contribution in [0.15, 0.2) is 22.1 Å². The maximum Gasteiger partial charge on any atom is 0.321 e. The summed E-state index contributed by atoms with van der Waals surface area (Å²) in [6.07, 6.45) is 1.81. The van der Waals surface area contributed by atoms with Crippen LogP contribution < -0.4 is 5.32 Å². The van der Waals surface area contributed by atoms with Crippen LogP contribution in [0.3, 0.4) is 0 Å². The van der Waals surface area contributed by atoms with Gasteiger partial charge in [-0.3, -0.25) is 10.3 Å². The summed E-state index contributed by atoms with van der Waals surface area (Å²) in [6.45, 7) is 9.71. The SMILES string of the molecule is C=CCSC(=NC)Nc1nnc(C(C)(C)C)o1. The molecule has 0 aromatic carbocycles. The average Bonchev–Trinajstić information content (AvgIpc) is 2.72. The van der Waals surface area contributed by atoms with Crippen LogP contribution >= 0.6 is 11.8 Å². The number of amidine groups is 1. The van der Waals surface area contributed by atoms with E-state index in [1.54, 1.807) is 7.05 Å². The summed E-state index contributed by atoms with van der Waals surface area (Å²) in [5, 5.41) is 11.6. The third-order valence-corrected chi connectivity index (χ3v) is 2.78.